The van der Waals surface area contributed by atoms with E-state index in [0.717, 1.165) is 19.3 Å². The van der Waals surface area contributed by atoms with Crippen molar-refractivity contribution in [2.75, 3.05) is 6.61 Å². The molecule has 0 unspecified atom stereocenters. The van der Waals surface area contributed by atoms with Gasteiger partial charge in [0, 0.05) is 13.3 Å². The summed E-state index contributed by atoms with van der Waals surface area (Å²) >= 11 is 0. The molecule has 0 saturated heterocycles. The van der Waals surface area contributed by atoms with Crippen LogP contribution in [0.2, 0.25) is 0 Å². The van der Waals surface area contributed by atoms with Gasteiger partial charge in [-0.25, -0.2) is 0 Å². The highest BCUT2D eigenvalue weighted by atomic mass is 16.5. The lowest BCUT2D eigenvalue weighted by Gasteiger charge is -2.18. The van der Waals surface area contributed by atoms with Gasteiger partial charge < -0.3 is 14.9 Å². The second-order valence-electron chi connectivity index (χ2n) is 6.35. The third kappa shape index (κ3) is 15.8. The SMILES string of the molecule is C=CCCCCCCCCCCC[C@H](O)C[C@H](CO)OC(C)=O. The molecule has 0 aromatic rings. The van der Waals surface area contributed by atoms with Gasteiger partial charge in [0.25, 0.3) is 0 Å². The first-order chi connectivity index (χ1) is 11.1. The van der Waals surface area contributed by atoms with E-state index in [9.17, 15) is 9.90 Å². The monoisotopic (exact) mass is 328 g/mol. The number of esters is 1. The Morgan fingerprint density at radius 1 is 1.04 bits per heavy atom. The maximum absolute atomic E-state index is 10.8. The molecule has 0 rings (SSSR count). The molecule has 0 aliphatic heterocycles. The van der Waals surface area contributed by atoms with Crippen LogP contribution in [-0.4, -0.2) is 35.0 Å². The van der Waals surface area contributed by atoms with Crippen molar-refractivity contribution in [3.63, 3.8) is 0 Å². The molecule has 4 heteroatoms. The van der Waals surface area contributed by atoms with Gasteiger partial charge >= 0.3 is 5.97 Å². The zero-order valence-corrected chi connectivity index (χ0v) is 14.8. The Bertz CT molecular complexity index is 291. The number of aliphatic hydroxyl groups excluding tert-OH is 2. The molecule has 0 saturated carbocycles. The number of unbranched alkanes of at least 4 members (excludes halogenated alkanes) is 9. The normalized spacial score (nSPS) is 13.5. The molecule has 0 spiro atoms. The van der Waals surface area contributed by atoms with E-state index >= 15 is 0 Å². The van der Waals surface area contributed by atoms with E-state index in [0.29, 0.717) is 12.8 Å². The van der Waals surface area contributed by atoms with Crippen molar-refractivity contribution in [2.45, 2.75) is 96.2 Å². The van der Waals surface area contributed by atoms with Crippen LogP contribution in [0.4, 0.5) is 0 Å². The van der Waals surface area contributed by atoms with Gasteiger partial charge in [0.2, 0.25) is 0 Å². The third-order valence-electron chi connectivity index (χ3n) is 4.02. The quantitative estimate of drug-likeness (QED) is 0.254. The number of carbonyl (C=O) groups excluding carboxylic acids is 1. The molecule has 0 bridgehead atoms. The Morgan fingerprint density at radius 2 is 1.57 bits per heavy atom. The van der Waals surface area contributed by atoms with E-state index in [4.69, 9.17) is 9.84 Å². The summed E-state index contributed by atoms with van der Waals surface area (Å²) in [7, 11) is 0. The van der Waals surface area contributed by atoms with Gasteiger partial charge in [0.05, 0.1) is 12.7 Å². The number of hydrogen-bond acceptors (Lipinski definition) is 4. The zero-order chi connectivity index (χ0) is 17.3. The molecule has 0 aromatic carbocycles. The third-order valence-corrected chi connectivity index (χ3v) is 4.02. The fourth-order valence-electron chi connectivity index (χ4n) is 2.72. The summed E-state index contributed by atoms with van der Waals surface area (Å²) in [5.41, 5.74) is 0. The van der Waals surface area contributed by atoms with E-state index < -0.39 is 18.2 Å². The molecule has 2 N–H and O–H groups in total. The maximum Gasteiger partial charge on any atom is 0.302 e. The fourth-order valence-corrected chi connectivity index (χ4v) is 2.72. The second kappa shape index (κ2) is 16.0. The van der Waals surface area contributed by atoms with E-state index in [1.54, 1.807) is 0 Å². The molecule has 23 heavy (non-hydrogen) atoms. The number of aliphatic hydroxyl groups is 2. The molecule has 136 valence electrons. The van der Waals surface area contributed by atoms with Gasteiger partial charge in [-0.1, -0.05) is 57.4 Å². The summed E-state index contributed by atoms with van der Waals surface area (Å²) < 4.78 is 4.92. The Labute approximate surface area is 141 Å². The highest BCUT2D eigenvalue weighted by molar-refractivity contribution is 5.66. The van der Waals surface area contributed by atoms with E-state index in [2.05, 4.69) is 6.58 Å². The summed E-state index contributed by atoms with van der Waals surface area (Å²) in [5.74, 6) is -0.416. The molecule has 0 fully saturated rings. The van der Waals surface area contributed by atoms with Crippen molar-refractivity contribution >= 4 is 5.97 Å². The lowest BCUT2D eigenvalue weighted by molar-refractivity contribution is -0.149. The highest BCUT2D eigenvalue weighted by Crippen LogP contribution is 2.14. The molecule has 0 heterocycles. The summed E-state index contributed by atoms with van der Waals surface area (Å²) in [6.07, 6.45) is 14.2. The summed E-state index contributed by atoms with van der Waals surface area (Å²) in [4.78, 5) is 10.8. The first-order valence-corrected chi connectivity index (χ1v) is 9.17. The summed E-state index contributed by atoms with van der Waals surface area (Å²) in [5, 5.41) is 19.0. The van der Waals surface area contributed by atoms with Crippen LogP contribution in [0.25, 0.3) is 0 Å². The van der Waals surface area contributed by atoms with Crippen molar-refractivity contribution in [2.24, 2.45) is 0 Å². The van der Waals surface area contributed by atoms with E-state index in [1.807, 2.05) is 6.08 Å². The van der Waals surface area contributed by atoms with Crippen LogP contribution in [0.5, 0.6) is 0 Å². The largest absolute Gasteiger partial charge is 0.460 e. The predicted molar refractivity (Wildman–Crippen MR) is 94.2 cm³/mol. The van der Waals surface area contributed by atoms with Gasteiger partial charge in [-0.3, -0.25) is 4.79 Å². The molecule has 0 amide bonds. The standard InChI is InChI=1S/C19H36O4/c1-3-4-5-6-7-8-9-10-11-12-13-14-18(22)15-19(16-20)23-17(2)21/h3,18-20,22H,1,4-16H2,2H3/t18-,19+/m0/s1. The minimum atomic E-state index is -0.580. The van der Waals surface area contributed by atoms with Crippen molar-refractivity contribution in [1.29, 1.82) is 0 Å². The number of hydrogen-bond donors (Lipinski definition) is 2. The highest BCUT2D eigenvalue weighted by Gasteiger charge is 2.16. The van der Waals surface area contributed by atoms with E-state index in [-0.39, 0.29) is 6.61 Å². The van der Waals surface area contributed by atoms with Crippen LogP contribution in [0.1, 0.15) is 84.0 Å². The van der Waals surface area contributed by atoms with Crippen molar-refractivity contribution < 1.29 is 19.7 Å². The van der Waals surface area contributed by atoms with Crippen LogP contribution in [0, 0.1) is 0 Å². The summed E-state index contributed by atoms with van der Waals surface area (Å²) in [6, 6.07) is 0. The van der Waals surface area contributed by atoms with Crippen LogP contribution in [-0.2, 0) is 9.53 Å². The molecule has 0 aliphatic rings. The Morgan fingerprint density at radius 3 is 2.04 bits per heavy atom. The van der Waals surface area contributed by atoms with Gasteiger partial charge in [0.1, 0.15) is 6.10 Å². The van der Waals surface area contributed by atoms with Crippen LogP contribution < -0.4 is 0 Å². The van der Waals surface area contributed by atoms with Crippen molar-refractivity contribution in [3.8, 4) is 0 Å². The number of ether oxygens (including phenoxy) is 1. The van der Waals surface area contributed by atoms with Crippen molar-refractivity contribution in [1.82, 2.24) is 0 Å². The van der Waals surface area contributed by atoms with Crippen LogP contribution in [0.3, 0.4) is 0 Å². The zero-order valence-electron chi connectivity index (χ0n) is 14.8. The average molecular weight is 328 g/mol. The van der Waals surface area contributed by atoms with Gasteiger partial charge in [0.15, 0.2) is 0 Å². The number of carbonyl (C=O) groups is 1. The van der Waals surface area contributed by atoms with Gasteiger partial charge in [-0.05, 0) is 19.3 Å². The Hall–Kier alpha value is -0.870. The van der Waals surface area contributed by atoms with Crippen LogP contribution in [0.15, 0.2) is 12.7 Å². The second-order valence-corrected chi connectivity index (χ2v) is 6.35. The smallest absolute Gasteiger partial charge is 0.302 e. The molecular weight excluding hydrogens is 292 g/mol. The van der Waals surface area contributed by atoms with Crippen molar-refractivity contribution in [3.05, 3.63) is 12.7 Å². The summed E-state index contributed by atoms with van der Waals surface area (Å²) in [6.45, 7) is 4.81. The lowest BCUT2D eigenvalue weighted by Crippen LogP contribution is -2.26. The molecular formula is C19H36O4. The van der Waals surface area contributed by atoms with Gasteiger partial charge in [-0.2, -0.15) is 0 Å². The first-order valence-electron chi connectivity index (χ1n) is 9.17. The molecule has 2 atom stereocenters. The number of rotatable bonds is 16. The molecule has 0 aliphatic carbocycles. The number of allylic oxidation sites excluding steroid dienone is 1. The molecule has 0 radical (unpaired) electrons. The van der Waals surface area contributed by atoms with Crippen LogP contribution >= 0.6 is 0 Å². The van der Waals surface area contributed by atoms with E-state index in [1.165, 1.54) is 51.9 Å². The predicted octanol–water partition coefficient (Wildman–Crippen LogP) is 4.14. The lowest BCUT2D eigenvalue weighted by atomic mass is 10.0. The average Bonchev–Trinajstić information content (AvgIpc) is 2.51. The minimum absolute atomic E-state index is 0.233. The molecule has 4 nitrogen and oxygen atoms in total. The first kappa shape index (κ1) is 22.1. The Kier molecular flexibility index (Phi) is 15.4. The minimum Gasteiger partial charge on any atom is -0.460 e. The Balaban J connectivity index is 3.39. The maximum atomic E-state index is 10.8. The topological polar surface area (TPSA) is 66.8 Å². The van der Waals surface area contributed by atoms with Gasteiger partial charge in [-0.15, -0.1) is 6.58 Å². The fraction of sp³-hybridized carbons (Fsp3) is 0.842. The molecule has 0 aromatic heterocycles.